The molecule has 0 spiro atoms. The van der Waals surface area contributed by atoms with Crippen molar-refractivity contribution in [3.05, 3.63) is 29.0 Å². The molecule has 0 saturated carbocycles. The van der Waals surface area contributed by atoms with Crippen molar-refractivity contribution >= 4 is 40.1 Å². The van der Waals surface area contributed by atoms with Crippen LogP contribution in [0.1, 0.15) is 24.5 Å². The quantitative estimate of drug-likeness (QED) is 0.882. The van der Waals surface area contributed by atoms with E-state index in [9.17, 15) is 4.79 Å². The van der Waals surface area contributed by atoms with E-state index in [-0.39, 0.29) is 11.3 Å². The molecule has 1 heterocycles. The molecule has 0 aliphatic heterocycles. The van der Waals surface area contributed by atoms with Crippen LogP contribution < -0.4 is 5.32 Å². The molecule has 1 atom stereocenters. The summed E-state index contributed by atoms with van der Waals surface area (Å²) >= 11 is 12.1. The first kappa shape index (κ1) is 14.2. The molecular weight excluding hydrogens is 285 g/mol. The van der Waals surface area contributed by atoms with E-state index in [0.29, 0.717) is 18.0 Å². The standard InChI is InChI=1S/C13H15Cl2N3O/c1-8(14)13-17-10-7-9(15)3-4-11(10)18(13)6-5-12(19)16-2/h3-4,7-8H,5-6H2,1-2H3,(H,16,19). The van der Waals surface area contributed by atoms with E-state index in [2.05, 4.69) is 10.3 Å². The Balaban J connectivity index is 2.43. The van der Waals surface area contributed by atoms with Crippen molar-refractivity contribution in [2.24, 2.45) is 0 Å². The van der Waals surface area contributed by atoms with Gasteiger partial charge in [0, 0.05) is 25.0 Å². The summed E-state index contributed by atoms with van der Waals surface area (Å²) in [5.41, 5.74) is 1.74. The van der Waals surface area contributed by atoms with Gasteiger partial charge in [-0.2, -0.15) is 0 Å². The number of carbonyl (C=O) groups is 1. The average Bonchev–Trinajstić information content (AvgIpc) is 2.73. The highest BCUT2D eigenvalue weighted by Crippen LogP contribution is 2.26. The first-order valence-corrected chi connectivity index (χ1v) is 6.84. The molecule has 0 aliphatic rings. The van der Waals surface area contributed by atoms with Crippen molar-refractivity contribution in [2.75, 3.05) is 7.05 Å². The van der Waals surface area contributed by atoms with Crippen molar-refractivity contribution in [3.63, 3.8) is 0 Å². The molecule has 1 amide bonds. The van der Waals surface area contributed by atoms with Crippen LogP contribution in [0.3, 0.4) is 0 Å². The summed E-state index contributed by atoms with van der Waals surface area (Å²) in [5.74, 6) is 0.742. The summed E-state index contributed by atoms with van der Waals surface area (Å²) < 4.78 is 1.97. The number of hydrogen-bond acceptors (Lipinski definition) is 2. The van der Waals surface area contributed by atoms with Gasteiger partial charge < -0.3 is 9.88 Å². The summed E-state index contributed by atoms with van der Waals surface area (Å²) in [5, 5.41) is 3.02. The van der Waals surface area contributed by atoms with E-state index in [1.165, 1.54) is 0 Å². The number of aryl methyl sites for hydroxylation is 1. The maximum absolute atomic E-state index is 11.4. The number of aromatic nitrogens is 2. The maximum Gasteiger partial charge on any atom is 0.221 e. The Morgan fingerprint density at radius 3 is 2.89 bits per heavy atom. The second-order valence-corrected chi connectivity index (χ2v) is 5.38. The molecule has 1 unspecified atom stereocenters. The highest BCUT2D eigenvalue weighted by atomic mass is 35.5. The summed E-state index contributed by atoms with van der Waals surface area (Å²) in [4.78, 5) is 15.9. The molecule has 4 nitrogen and oxygen atoms in total. The number of nitrogens with one attached hydrogen (secondary N) is 1. The number of rotatable bonds is 4. The Morgan fingerprint density at radius 2 is 2.26 bits per heavy atom. The Morgan fingerprint density at radius 1 is 1.53 bits per heavy atom. The number of benzene rings is 1. The summed E-state index contributed by atoms with van der Waals surface area (Å²) in [6, 6.07) is 5.51. The average molecular weight is 300 g/mol. The van der Waals surface area contributed by atoms with E-state index < -0.39 is 0 Å². The van der Waals surface area contributed by atoms with Crippen LogP contribution in [0.15, 0.2) is 18.2 Å². The molecule has 19 heavy (non-hydrogen) atoms. The van der Waals surface area contributed by atoms with Gasteiger partial charge >= 0.3 is 0 Å². The van der Waals surface area contributed by atoms with Gasteiger partial charge in [-0.25, -0.2) is 4.98 Å². The fraction of sp³-hybridized carbons (Fsp3) is 0.385. The number of amides is 1. The number of carbonyl (C=O) groups excluding carboxylic acids is 1. The zero-order valence-corrected chi connectivity index (χ0v) is 12.3. The van der Waals surface area contributed by atoms with Crippen LogP contribution in [-0.2, 0) is 11.3 Å². The third kappa shape index (κ3) is 3.01. The van der Waals surface area contributed by atoms with E-state index >= 15 is 0 Å². The van der Waals surface area contributed by atoms with Gasteiger partial charge in [0.25, 0.3) is 0 Å². The van der Waals surface area contributed by atoms with Crippen molar-refractivity contribution in [2.45, 2.75) is 25.3 Å². The van der Waals surface area contributed by atoms with E-state index in [1.54, 1.807) is 13.1 Å². The normalized spacial score (nSPS) is 12.6. The molecule has 0 aliphatic carbocycles. The van der Waals surface area contributed by atoms with Crippen LogP contribution in [0.4, 0.5) is 0 Å². The zero-order chi connectivity index (χ0) is 14.0. The summed E-state index contributed by atoms with van der Waals surface area (Å²) in [7, 11) is 1.62. The topological polar surface area (TPSA) is 46.9 Å². The lowest BCUT2D eigenvalue weighted by atomic mass is 10.3. The van der Waals surface area contributed by atoms with Crippen molar-refractivity contribution in [1.29, 1.82) is 0 Å². The fourth-order valence-electron chi connectivity index (χ4n) is 2.00. The van der Waals surface area contributed by atoms with Crippen LogP contribution >= 0.6 is 23.2 Å². The molecule has 1 N–H and O–H groups in total. The third-order valence-corrected chi connectivity index (χ3v) is 3.37. The van der Waals surface area contributed by atoms with E-state index in [0.717, 1.165) is 16.9 Å². The Hall–Kier alpha value is -1.26. The molecule has 2 aromatic rings. The highest BCUT2D eigenvalue weighted by molar-refractivity contribution is 6.31. The van der Waals surface area contributed by atoms with Gasteiger partial charge in [-0.3, -0.25) is 4.79 Å². The van der Waals surface area contributed by atoms with Crippen molar-refractivity contribution in [3.8, 4) is 0 Å². The predicted molar refractivity (Wildman–Crippen MR) is 77.7 cm³/mol. The van der Waals surface area contributed by atoms with Crippen LogP contribution in [0, 0.1) is 0 Å². The highest BCUT2D eigenvalue weighted by Gasteiger charge is 2.15. The monoisotopic (exact) mass is 299 g/mol. The molecule has 1 aromatic carbocycles. The minimum absolute atomic E-state index is 0.0102. The second kappa shape index (κ2) is 5.80. The van der Waals surface area contributed by atoms with Gasteiger partial charge in [0.1, 0.15) is 5.82 Å². The van der Waals surface area contributed by atoms with Gasteiger partial charge in [-0.1, -0.05) is 11.6 Å². The number of fused-ring (bicyclic) bond motifs is 1. The Bertz CT molecular complexity index is 607. The number of imidazole rings is 1. The molecule has 0 saturated heterocycles. The lowest BCUT2D eigenvalue weighted by Gasteiger charge is -2.09. The number of hydrogen-bond donors (Lipinski definition) is 1. The number of halogens is 2. The van der Waals surface area contributed by atoms with E-state index in [4.69, 9.17) is 23.2 Å². The molecule has 0 fully saturated rings. The van der Waals surface area contributed by atoms with Gasteiger partial charge in [-0.05, 0) is 25.1 Å². The molecule has 102 valence electrons. The second-order valence-electron chi connectivity index (χ2n) is 4.29. The molecule has 0 radical (unpaired) electrons. The van der Waals surface area contributed by atoms with Crippen LogP contribution in [0.25, 0.3) is 11.0 Å². The van der Waals surface area contributed by atoms with Crippen molar-refractivity contribution < 1.29 is 4.79 Å². The predicted octanol–water partition coefficient (Wildman–Crippen LogP) is 3.13. The lowest BCUT2D eigenvalue weighted by molar-refractivity contribution is -0.120. The minimum Gasteiger partial charge on any atom is -0.359 e. The SMILES string of the molecule is CNC(=O)CCn1c(C(C)Cl)nc2cc(Cl)ccc21. The van der Waals surface area contributed by atoms with Gasteiger partial charge in [0.15, 0.2) is 0 Å². The molecule has 2 rings (SSSR count). The third-order valence-electron chi connectivity index (χ3n) is 2.94. The van der Waals surface area contributed by atoms with Crippen LogP contribution in [-0.4, -0.2) is 22.5 Å². The van der Waals surface area contributed by atoms with Gasteiger partial charge in [0.2, 0.25) is 5.91 Å². The molecule has 6 heteroatoms. The zero-order valence-electron chi connectivity index (χ0n) is 10.8. The van der Waals surface area contributed by atoms with Crippen LogP contribution in [0.5, 0.6) is 0 Å². The Kier molecular flexibility index (Phi) is 4.32. The summed E-state index contributed by atoms with van der Waals surface area (Å²) in [6.07, 6.45) is 0.390. The Labute approximate surface area is 121 Å². The minimum atomic E-state index is -0.226. The maximum atomic E-state index is 11.4. The molecule has 1 aromatic heterocycles. The fourth-order valence-corrected chi connectivity index (χ4v) is 2.33. The van der Waals surface area contributed by atoms with Gasteiger partial charge in [0.05, 0.1) is 16.4 Å². The largest absolute Gasteiger partial charge is 0.359 e. The van der Waals surface area contributed by atoms with Gasteiger partial charge in [-0.15, -0.1) is 11.6 Å². The smallest absolute Gasteiger partial charge is 0.221 e. The number of nitrogens with zero attached hydrogens (tertiary/aromatic N) is 2. The first-order chi connectivity index (χ1) is 9.02. The summed E-state index contributed by atoms with van der Waals surface area (Å²) in [6.45, 7) is 2.41. The first-order valence-electron chi connectivity index (χ1n) is 6.03. The van der Waals surface area contributed by atoms with Crippen LogP contribution in [0.2, 0.25) is 5.02 Å². The van der Waals surface area contributed by atoms with E-state index in [1.807, 2.05) is 23.6 Å². The lowest BCUT2D eigenvalue weighted by Crippen LogP contribution is -2.20. The number of alkyl halides is 1. The van der Waals surface area contributed by atoms with Crippen molar-refractivity contribution in [1.82, 2.24) is 14.9 Å². The molecular formula is C13H15Cl2N3O. The molecule has 0 bridgehead atoms.